The second-order valence-corrected chi connectivity index (χ2v) is 5.73. The molecule has 2 aromatic carbocycles. The Balaban J connectivity index is 1.99. The van der Waals surface area contributed by atoms with Gasteiger partial charge in [-0.15, -0.1) is 0 Å². The summed E-state index contributed by atoms with van der Waals surface area (Å²) in [6.07, 6.45) is 0. The molecule has 2 rings (SSSR count). The minimum atomic E-state index is -0.734. The zero-order valence-corrected chi connectivity index (χ0v) is 14.3. The van der Waals surface area contributed by atoms with Crippen molar-refractivity contribution in [1.29, 1.82) is 0 Å². The summed E-state index contributed by atoms with van der Waals surface area (Å²) in [5.41, 5.74) is 0.471. The fourth-order valence-electron chi connectivity index (χ4n) is 2.22. The van der Waals surface area contributed by atoms with Crippen LogP contribution in [-0.2, 0) is 11.3 Å². The normalized spacial score (nSPS) is 10.4. The van der Waals surface area contributed by atoms with Crippen LogP contribution in [-0.4, -0.2) is 29.8 Å². The first-order valence-electron chi connectivity index (χ1n) is 7.66. The molecule has 0 aliphatic rings. The molecular weight excluding hydrogens is 350 g/mol. The van der Waals surface area contributed by atoms with Crippen LogP contribution in [0.15, 0.2) is 42.5 Å². The van der Waals surface area contributed by atoms with E-state index in [4.69, 9.17) is 11.6 Å². The number of nitrogens with zero attached hydrogens (tertiary/aromatic N) is 1. The van der Waals surface area contributed by atoms with Crippen LogP contribution in [0.4, 0.5) is 8.78 Å². The van der Waals surface area contributed by atoms with Gasteiger partial charge < -0.3 is 10.2 Å². The van der Waals surface area contributed by atoms with Crippen molar-refractivity contribution in [2.24, 2.45) is 0 Å². The highest BCUT2D eigenvalue weighted by molar-refractivity contribution is 6.33. The lowest BCUT2D eigenvalue weighted by molar-refractivity contribution is -0.121. The number of halogens is 3. The Kier molecular flexibility index (Phi) is 6.47. The molecule has 0 radical (unpaired) electrons. The molecule has 2 aromatic rings. The molecule has 1 N–H and O–H groups in total. The second kappa shape index (κ2) is 8.58. The van der Waals surface area contributed by atoms with Gasteiger partial charge in [-0.25, -0.2) is 8.78 Å². The summed E-state index contributed by atoms with van der Waals surface area (Å²) in [5.74, 6) is -2.16. The molecule has 2 amide bonds. The Bertz CT molecular complexity index is 746. The molecule has 7 heteroatoms. The van der Waals surface area contributed by atoms with Gasteiger partial charge in [0.05, 0.1) is 17.1 Å². The smallest absolute Gasteiger partial charge is 0.258 e. The largest absolute Gasteiger partial charge is 0.350 e. The molecule has 0 bridgehead atoms. The molecule has 0 heterocycles. The van der Waals surface area contributed by atoms with Gasteiger partial charge in [-0.3, -0.25) is 9.59 Å². The summed E-state index contributed by atoms with van der Waals surface area (Å²) < 4.78 is 26.7. The quantitative estimate of drug-likeness (QED) is 0.851. The Morgan fingerprint density at radius 2 is 1.80 bits per heavy atom. The van der Waals surface area contributed by atoms with Crippen molar-refractivity contribution < 1.29 is 18.4 Å². The van der Waals surface area contributed by atoms with Crippen LogP contribution in [0.1, 0.15) is 22.8 Å². The van der Waals surface area contributed by atoms with E-state index in [0.717, 1.165) is 11.6 Å². The zero-order valence-electron chi connectivity index (χ0n) is 13.6. The van der Waals surface area contributed by atoms with E-state index in [1.165, 1.54) is 29.2 Å². The van der Waals surface area contributed by atoms with Crippen molar-refractivity contribution in [2.45, 2.75) is 13.5 Å². The van der Waals surface area contributed by atoms with Crippen LogP contribution < -0.4 is 5.32 Å². The highest BCUT2D eigenvalue weighted by atomic mass is 35.5. The molecule has 4 nitrogen and oxygen atoms in total. The van der Waals surface area contributed by atoms with E-state index in [-0.39, 0.29) is 36.0 Å². The van der Waals surface area contributed by atoms with Gasteiger partial charge in [0.1, 0.15) is 11.6 Å². The summed E-state index contributed by atoms with van der Waals surface area (Å²) >= 11 is 5.90. The van der Waals surface area contributed by atoms with Gasteiger partial charge >= 0.3 is 0 Å². The monoisotopic (exact) mass is 366 g/mol. The Morgan fingerprint density at radius 3 is 2.40 bits per heavy atom. The number of likely N-dealkylation sites (N-methyl/N-ethyl adjacent to an activating group) is 1. The number of hydrogen-bond donors (Lipinski definition) is 1. The summed E-state index contributed by atoms with van der Waals surface area (Å²) in [6.45, 7) is 1.86. The number of carbonyl (C=O) groups is 2. The molecule has 0 saturated carbocycles. The van der Waals surface area contributed by atoms with Crippen LogP contribution in [0, 0.1) is 11.6 Å². The molecule has 0 fully saturated rings. The maximum Gasteiger partial charge on any atom is 0.258 e. The van der Waals surface area contributed by atoms with Crippen molar-refractivity contribution >= 4 is 23.4 Å². The number of hydrogen-bond acceptors (Lipinski definition) is 2. The predicted molar refractivity (Wildman–Crippen MR) is 91.2 cm³/mol. The van der Waals surface area contributed by atoms with Crippen LogP contribution in [0.2, 0.25) is 5.02 Å². The lowest BCUT2D eigenvalue weighted by Gasteiger charge is -2.21. The van der Waals surface area contributed by atoms with E-state index >= 15 is 0 Å². The Labute approximate surface area is 149 Å². The average Bonchev–Trinajstić information content (AvgIpc) is 2.59. The van der Waals surface area contributed by atoms with Crippen molar-refractivity contribution in [3.8, 4) is 0 Å². The van der Waals surface area contributed by atoms with Crippen LogP contribution in [0.25, 0.3) is 0 Å². The molecule has 0 aliphatic carbocycles. The molecule has 0 aliphatic heterocycles. The first-order valence-corrected chi connectivity index (χ1v) is 8.04. The Hall–Kier alpha value is -2.47. The number of carbonyl (C=O) groups excluding carboxylic acids is 2. The predicted octanol–water partition coefficient (Wildman–Crippen LogP) is 3.40. The van der Waals surface area contributed by atoms with Gasteiger partial charge in [0.2, 0.25) is 5.91 Å². The van der Waals surface area contributed by atoms with Crippen LogP contribution in [0.3, 0.4) is 0 Å². The fourth-order valence-corrected chi connectivity index (χ4v) is 2.46. The SMILES string of the molecule is CCN(CC(=O)NCc1ccc(F)cc1)C(=O)c1c(F)cccc1Cl. The minimum Gasteiger partial charge on any atom is -0.350 e. The van der Waals surface area contributed by atoms with E-state index in [0.29, 0.717) is 0 Å². The zero-order chi connectivity index (χ0) is 18.4. The van der Waals surface area contributed by atoms with E-state index < -0.39 is 17.6 Å². The molecule has 0 spiro atoms. The first-order chi connectivity index (χ1) is 11.9. The van der Waals surface area contributed by atoms with E-state index in [1.807, 2.05) is 0 Å². The number of benzene rings is 2. The third kappa shape index (κ3) is 5.00. The molecule has 25 heavy (non-hydrogen) atoms. The third-order valence-electron chi connectivity index (χ3n) is 3.58. The molecule has 0 unspecified atom stereocenters. The highest BCUT2D eigenvalue weighted by Crippen LogP contribution is 2.20. The van der Waals surface area contributed by atoms with Gasteiger partial charge in [0.25, 0.3) is 5.91 Å². The number of amides is 2. The minimum absolute atomic E-state index is 0.00447. The van der Waals surface area contributed by atoms with Crippen molar-refractivity contribution in [2.75, 3.05) is 13.1 Å². The number of nitrogens with one attached hydrogen (secondary N) is 1. The summed E-state index contributed by atoms with van der Waals surface area (Å²) in [5, 5.41) is 2.63. The lowest BCUT2D eigenvalue weighted by Crippen LogP contribution is -2.40. The van der Waals surface area contributed by atoms with Crippen molar-refractivity contribution in [3.05, 3.63) is 70.2 Å². The lowest BCUT2D eigenvalue weighted by atomic mass is 10.1. The average molecular weight is 367 g/mol. The molecule has 0 atom stereocenters. The standard InChI is InChI=1S/C18H17ClF2N2O2/c1-2-23(18(25)17-14(19)4-3-5-15(17)21)11-16(24)22-10-12-6-8-13(20)9-7-12/h3-9H,2,10-11H2,1H3,(H,22,24). The molecular formula is C18H17ClF2N2O2. The van der Waals surface area contributed by atoms with Gasteiger partial charge in [0, 0.05) is 13.1 Å². The van der Waals surface area contributed by atoms with Gasteiger partial charge in [-0.1, -0.05) is 29.8 Å². The molecule has 0 saturated heterocycles. The maximum atomic E-state index is 13.9. The Morgan fingerprint density at radius 1 is 1.12 bits per heavy atom. The number of rotatable bonds is 6. The van der Waals surface area contributed by atoms with Crippen molar-refractivity contribution in [1.82, 2.24) is 10.2 Å². The second-order valence-electron chi connectivity index (χ2n) is 5.32. The van der Waals surface area contributed by atoms with Gasteiger partial charge in [-0.2, -0.15) is 0 Å². The van der Waals surface area contributed by atoms with Gasteiger partial charge in [-0.05, 0) is 36.8 Å². The van der Waals surface area contributed by atoms with Crippen LogP contribution in [0.5, 0.6) is 0 Å². The molecule has 0 aromatic heterocycles. The van der Waals surface area contributed by atoms with E-state index in [2.05, 4.69) is 5.32 Å². The summed E-state index contributed by atoms with van der Waals surface area (Å²) in [4.78, 5) is 25.7. The highest BCUT2D eigenvalue weighted by Gasteiger charge is 2.22. The van der Waals surface area contributed by atoms with Gasteiger partial charge in [0.15, 0.2) is 0 Å². The molecule has 132 valence electrons. The third-order valence-corrected chi connectivity index (χ3v) is 3.90. The fraction of sp³-hybridized carbons (Fsp3) is 0.222. The van der Waals surface area contributed by atoms with Crippen molar-refractivity contribution in [3.63, 3.8) is 0 Å². The maximum absolute atomic E-state index is 13.9. The van der Waals surface area contributed by atoms with E-state index in [9.17, 15) is 18.4 Å². The van der Waals surface area contributed by atoms with Crippen LogP contribution >= 0.6 is 11.6 Å². The first kappa shape index (κ1) is 18.9. The summed E-state index contributed by atoms with van der Waals surface area (Å²) in [7, 11) is 0. The van der Waals surface area contributed by atoms with E-state index in [1.54, 1.807) is 19.1 Å². The summed E-state index contributed by atoms with van der Waals surface area (Å²) in [6, 6.07) is 9.66. The topological polar surface area (TPSA) is 49.4 Å².